The SMILES string of the molecule is CC(C#N)Cc1ccccc1F.CNCC=CN=C(C=O)CN1CCCCC1. The average Bonchev–Trinajstić information content (AvgIpc) is 2.73. The molecular weight excluding hydrogens is 355 g/mol. The molecule has 1 aromatic rings. The molecule has 2 rings (SSSR count). The summed E-state index contributed by atoms with van der Waals surface area (Å²) in [4.78, 5) is 17.3. The number of aldehydes is 1. The lowest BCUT2D eigenvalue weighted by atomic mass is 10.0. The fourth-order valence-corrected chi connectivity index (χ4v) is 2.81. The zero-order valence-corrected chi connectivity index (χ0v) is 16.9. The van der Waals surface area contributed by atoms with Gasteiger partial charge < -0.3 is 5.32 Å². The summed E-state index contributed by atoms with van der Waals surface area (Å²) >= 11 is 0. The molecule has 0 saturated carbocycles. The summed E-state index contributed by atoms with van der Waals surface area (Å²) in [5, 5.41) is 11.5. The minimum absolute atomic E-state index is 0.123. The summed E-state index contributed by atoms with van der Waals surface area (Å²) in [5.41, 5.74) is 1.24. The molecule has 1 aromatic carbocycles. The first-order valence-electron chi connectivity index (χ1n) is 9.77. The predicted molar refractivity (Wildman–Crippen MR) is 112 cm³/mol. The van der Waals surface area contributed by atoms with E-state index in [1.54, 1.807) is 31.3 Å². The van der Waals surface area contributed by atoms with Gasteiger partial charge in [0, 0.05) is 25.2 Å². The summed E-state index contributed by atoms with van der Waals surface area (Å²) in [5.74, 6) is -0.346. The maximum Gasteiger partial charge on any atom is 0.165 e. The van der Waals surface area contributed by atoms with Crippen LogP contribution in [0.15, 0.2) is 41.5 Å². The van der Waals surface area contributed by atoms with Crippen molar-refractivity contribution in [2.45, 2.75) is 32.6 Å². The Hall–Kier alpha value is -2.36. The van der Waals surface area contributed by atoms with Crippen molar-refractivity contribution >= 4 is 12.0 Å². The third-order valence-electron chi connectivity index (χ3n) is 4.34. The number of rotatable bonds is 8. The number of halogens is 1. The third-order valence-corrected chi connectivity index (χ3v) is 4.34. The molecule has 0 bridgehead atoms. The van der Waals surface area contributed by atoms with Crippen LogP contribution in [0.1, 0.15) is 31.7 Å². The van der Waals surface area contributed by atoms with E-state index < -0.39 is 0 Å². The molecule has 0 spiro atoms. The molecule has 1 saturated heterocycles. The summed E-state index contributed by atoms with van der Waals surface area (Å²) in [6.45, 7) is 5.43. The number of nitriles is 1. The second kappa shape index (κ2) is 14.7. The van der Waals surface area contributed by atoms with Crippen LogP contribution in [0.3, 0.4) is 0 Å². The molecule has 28 heavy (non-hydrogen) atoms. The van der Waals surface area contributed by atoms with Crippen LogP contribution < -0.4 is 5.32 Å². The Bertz CT molecular complexity index is 675. The average molecular weight is 387 g/mol. The fraction of sp³-hybridized carbons (Fsp3) is 0.500. The number of likely N-dealkylation sites (N-methyl/N-ethyl adjacent to an activating group) is 1. The number of benzene rings is 1. The molecular formula is C22H31FN4O. The molecule has 6 heteroatoms. The standard InChI is InChI=1S/C12H21N3O.C10H10FN/c1-13-6-5-7-14-12(11-16)10-15-8-3-2-4-9-15;1-8(7-12)6-9-4-2-3-5-10(9)11/h5,7,11,13H,2-4,6,8-10H2,1H3;2-5,8H,6H2,1H3. The molecule has 0 amide bonds. The fourth-order valence-electron chi connectivity index (χ4n) is 2.81. The Morgan fingerprint density at radius 1 is 1.36 bits per heavy atom. The molecule has 1 unspecified atom stereocenters. The topological polar surface area (TPSA) is 68.5 Å². The first kappa shape index (κ1) is 23.7. The number of carbonyl (C=O) groups is 1. The van der Waals surface area contributed by atoms with Crippen molar-refractivity contribution in [2.24, 2.45) is 10.9 Å². The van der Waals surface area contributed by atoms with Gasteiger partial charge in [-0.1, -0.05) is 30.7 Å². The second-order valence-electron chi connectivity index (χ2n) is 6.84. The molecule has 0 radical (unpaired) electrons. The van der Waals surface area contributed by atoms with Crippen molar-refractivity contribution in [3.63, 3.8) is 0 Å². The van der Waals surface area contributed by atoms with E-state index in [4.69, 9.17) is 5.26 Å². The van der Waals surface area contributed by atoms with Gasteiger partial charge in [0.1, 0.15) is 5.82 Å². The van der Waals surface area contributed by atoms with Gasteiger partial charge in [0.2, 0.25) is 0 Å². The molecule has 1 aliphatic rings. The summed E-state index contributed by atoms with van der Waals surface area (Å²) in [6, 6.07) is 8.63. The summed E-state index contributed by atoms with van der Waals surface area (Å²) in [7, 11) is 1.88. The number of piperidine rings is 1. The van der Waals surface area contributed by atoms with Crippen LogP contribution >= 0.6 is 0 Å². The van der Waals surface area contributed by atoms with Gasteiger partial charge in [0.25, 0.3) is 0 Å². The van der Waals surface area contributed by atoms with Gasteiger partial charge in [0.05, 0.1) is 11.8 Å². The minimum Gasteiger partial charge on any atom is -0.316 e. The van der Waals surface area contributed by atoms with E-state index in [-0.39, 0.29) is 11.7 Å². The molecule has 5 nitrogen and oxygen atoms in total. The van der Waals surface area contributed by atoms with Gasteiger partial charge in [-0.25, -0.2) is 4.39 Å². The molecule has 152 valence electrons. The number of aliphatic imine (C=N–C) groups is 1. The van der Waals surface area contributed by atoms with E-state index in [0.29, 0.717) is 24.2 Å². The normalized spacial score (nSPS) is 16.1. The first-order valence-corrected chi connectivity index (χ1v) is 9.77. The van der Waals surface area contributed by atoms with Gasteiger partial charge in [-0.2, -0.15) is 5.26 Å². The maximum absolute atomic E-state index is 13.0. The zero-order valence-electron chi connectivity index (χ0n) is 16.9. The highest BCUT2D eigenvalue weighted by atomic mass is 19.1. The Labute approximate surface area is 168 Å². The zero-order chi connectivity index (χ0) is 20.6. The van der Waals surface area contributed by atoms with Crippen molar-refractivity contribution in [3.05, 3.63) is 47.9 Å². The Balaban J connectivity index is 0.000000292. The van der Waals surface area contributed by atoms with Crippen LogP contribution in [-0.2, 0) is 11.2 Å². The second-order valence-corrected chi connectivity index (χ2v) is 6.84. The number of hydrogen-bond acceptors (Lipinski definition) is 5. The molecule has 0 aromatic heterocycles. The van der Waals surface area contributed by atoms with Crippen molar-refractivity contribution in [2.75, 3.05) is 33.2 Å². The summed E-state index contributed by atoms with van der Waals surface area (Å²) < 4.78 is 13.0. The van der Waals surface area contributed by atoms with Gasteiger partial charge in [0.15, 0.2) is 6.29 Å². The van der Waals surface area contributed by atoms with Gasteiger partial charge in [-0.05, 0) is 58.0 Å². The highest BCUT2D eigenvalue weighted by Gasteiger charge is 2.11. The van der Waals surface area contributed by atoms with E-state index in [0.717, 1.165) is 25.9 Å². The van der Waals surface area contributed by atoms with Crippen LogP contribution in [0, 0.1) is 23.1 Å². The number of nitrogens with one attached hydrogen (secondary N) is 1. The van der Waals surface area contributed by atoms with Crippen molar-refractivity contribution in [1.29, 1.82) is 5.26 Å². The van der Waals surface area contributed by atoms with Crippen LogP contribution in [-0.4, -0.2) is 50.1 Å². The molecule has 0 aliphatic carbocycles. The first-order chi connectivity index (χ1) is 13.6. The van der Waals surface area contributed by atoms with Gasteiger partial charge in [-0.3, -0.25) is 14.7 Å². The quantitative estimate of drug-likeness (QED) is 0.549. The Kier molecular flexibility index (Phi) is 12.4. The van der Waals surface area contributed by atoms with E-state index in [1.165, 1.54) is 25.3 Å². The number of nitrogens with zero attached hydrogens (tertiary/aromatic N) is 3. The van der Waals surface area contributed by atoms with E-state index in [1.807, 2.05) is 13.1 Å². The Morgan fingerprint density at radius 3 is 2.68 bits per heavy atom. The molecule has 1 heterocycles. The lowest BCUT2D eigenvalue weighted by Gasteiger charge is -2.25. The van der Waals surface area contributed by atoms with Crippen molar-refractivity contribution in [3.8, 4) is 6.07 Å². The smallest absolute Gasteiger partial charge is 0.165 e. The minimum atomic E-state index is -0.223. The van der Waals surface area contributed by atoms with Crippen LogP contribution in [0.25, 0.3) is 0 Å². The van der Waals surface area contributed by atoms with Crippen LogP contribution in [0.4, 0.5) is 4.39 Å². The van der Waals surface area contributed by atoms with Crippen LogP contribution in [0.5, 0.6) is 0 Å². The number of likely N-dealkylation sites (tertiary alicyclic amines) is 1. The number of carbonyl (C=O) groups excluding carboxylic acids is 1. The lowest BCUT2D eigenvalue weighted by molar-refractivity contribution is -0.102. The highest BCUT2D eigenvalue weighted by molar-refractivity contribution is 6.29. The molecule has 1 N–H and O–H groups in total. The van der Waals surface area contributed by atoms with Gasteiger partial charge >= 0.3 is 0 Å². The van der Waals surface area contributed by atoms with E-state index >= 15 is 0 Å². The maximum atomic E-state index is 13.0. The van der Waals surface area contributed by atoms with Crippen molar-refractivity contribution in [1.82, 2.24) is 10.2 Å². The number of hydrogen-bond donors (Lipinski definition) is 1. The van der Waals surface area contributed by atoms with E-state index in [2.05, 4.69) is 21.3 Å². The monoisotopic (exact) mass is 386 g/mol. The largest absolute Gasteiger partial charge is 0.316 e. The molecule has 1 atom stereocenters. The predicted octanol–water partition coefficient (Wildman–Crippen LogP) is 3.37. The van der Waals surface area contributed by atoms with Crippen LogP contribution in [0.2, 0.25) is 0 Å². The lowest BCUT2D eigenvalue weighted by Crippen LogP contribution is -2.34. The van der Waals surface area contributed by atoms with Gasteiger partial charge in [-0.15, -0.1) is 0 Å². The van der Waals surface area contributed by atoms with Crippen molar-refractivity contribution < 1.29 is 9.18 Å². The molecule has 1 aliphatic heterocycles. The van der Waals surface area contributed by atoms with E-state index in [9.17, 15) is 9.18 Å². The third kappa shape index (κ3) is 10.1. The highest BCUT2D eigenvalue weighted by Crippen LogP contribution is 2.11. The Morgan fingerprint density at radius 2 is 2.07 bits per heavy atom. The summed E-state index contributed by atoms with van der Waals surface area (Å²) in [6.07, 6.45) is 8.74. The molecule has 1 fully saturated rings.